The van der Waals surface area contributed by atoms with Crippen molar-refractivity contribution in [1.82, 2.24) is 5.32 Å². The number of esters is 1. The van der Waals surface area contributed by atoms with Gasteiger partial charge in [-0.1, -0.05) is 32.0 Å². The third-order valence-corrected chi connectivity index (χ3v) is 3.74. The largest absolute Gasteiger partial charge is 0.452 e. The molecule has 152 valence electrons. The van der Waals surface area contributed by atoms with Gasteiger partial charge in [0.25, 0.3) is 17.5 Å². The number of nitro groups is 1. The van der Waals surface area contributed by atoms with Crippen molar-refractivity contribution in [3.05, 3.63) is 69.8 Å². The number of benzene rings is 2. The molecule has 0 aromatic heterocycles. The monoisotopic (exact) mass is 399 g/mol. The molecule has 0 saturated heterocycles. The lowest BCUT2D eigenvalue weighted by Crippen LogP contribution is -2.29. The molecule has 29 heavy (non-hydrogen) atoms. The Kier molecular flexibility index (Phi) is 7.41. The highest BCUT2D eigenvalue weighted by atomic mass is 16.6. The number of amides is 2. The molecule has 0 aliphatic carbocycles. The summed E-state index contributed by atoms with van der Waals surface area (Å²) in [7, 11) is 0. The molecule has 0 aliphatic rings. The summed E-state index contributed by atoms with van der Waals surface area (Å²) < 4.78 is 4.90. The molecule has 0 spiro atoms. The van der Waals surface area contributed by atoms with Gasteiger partial charge in [0.05, 0.1) is 21.7 Å². The number of carbonyl (C=O) groups excluding carboxylic acids is 3. The zero-order valence-electron chi connectivity index (χ0n) is 16.0. The summed E-state index contributed by atoms with van der Waals surface area (Å²) in [6.45, 7) is 3.80. The van der Waals surface area contributed by atoms with E-state index in [9.17, 15) is 24.5 Å². The molecule has 9 heteroatoms. The number of rotatable bonds is 8. The van der Waals surface area contributed by atoms with Crippen LogP contribution in [0.2, 0.25) is 0 Å². The van der Waals surface area contributed by atoms with Gasteiger partial charge in [-0.15, -0.1) is 0 Å². The molecule has 0 fully saturated rings. The fraction of sp³-hybridized carbons (Fsp3) is 0.250. The Hall–Kier alpha value is -3.75. The second-order valence-electron chi connectivity index (χ2n) is 6.58. The van der Waals surface area contributed by atoms with Crippen LogP contribution >= 0.6 is 0 Å². The second kappa shape index (κ2) is 9.98. The number of hydrogen-bond donors (Lipinski definition) is 2. The number of anilines is 1. The van der Waals surface area contributed by atoms with Gasteiger partial charge in [0.1, 0.15) is 0 Å². The van der Waals surface area contributed by atoms with Gasteiger partial charge in [-0.3, -0.25) is 19.7 Å². The van der Waals surface area contributed by atoms with E-state index in [4.69, 9.17) is 4.74 Å². The van der Waals surface area contributed by atoms with Crippen LogP contribution in [-0.4, -0.2) is 35.9 Å². The molecular weight excluding hydrogens is 378 g/mol. The molecule has 0 unspecified atom stereocenters. The highest BCUT2D eigenvalue weighted by Crippen LogP contribution is 2.16. The lowest BCUT2D eigenvalue weighted by Gasteiger charge is -2.12. The van der Waals surface area contributed by atoms with Crippen LogP contribution in [0.5, 0.6) is 0 Å². The first-order valence-corrected chi connectivity index (χ1v) is 8.86. The Morgan fingerprint density at radius 2 is 1.83 bits per heavy atom. The number of nitrogens with zero attached hydrogens (tertiary/aromatic N) is 1. The number of carbonyl (C=O) groups is 3. The Balaban J connectivity index is 1.98. The number of nitrogens with one attached hydrogen (secondary N) is 2. The molecule has 2 aromatic rings. The summed E-state index contributed by atoms with van der Waals surface area (Å²) in [6, 6.07) is 11.5. The van der Waals surface area contributed by atoms with Gasteiger partial charge >= 0.3 is 5.97 Å². The highest BCUT2D eigenvalue weighted by molar-refractivity contribution is 6.04. The number of para-hydroxylation sites is 1. The summed E-state index contributed by atoms with van der Waals surface area (Å²) in [5.41, 5.74) is 0.266. The van der Waals surface area contributed by atoms with E-state index >= 15 is 0 Å². The zero-order chi connectivity index (χ0) is 21.4. The van der Waals surface area contributed by atoms with Crippen molar-refractivity contribution < 1.29 is 24.0 Å². The van der Waals surface area contributed by atoms with Crippen molar-refractivity contribution in [2.45, 2.75) is 13.8 Å². The van der Waals surface area contributed by atoms with Crippen molar-refractivity contribution in [2.24, 2.45) is 5.92 Å². The van der Waals surface area contributed by atoms with Crippen LogP contribution in [0.3, 0.4) is 0 Å². The second-order valence-corrected chi connectivity index (χ2v) is 6.58. The minimum absolute atomic E-state index is 0.0412. The number of hydrogen-bond acceptors (Lipinski definition) is 6. The highest BCUT2D eigenvalue weighted by Gasteiger charge is 2.16. The molecule has 2 rings (SSSR count). The normalized spacial score (nSPS) is 10.3. The van der Waals surface area contributed by atoms with Crippen LogP contribution in [0.4, 0.5) is 11.4 Å². The quantitative estimate of drug-likeness (QED) is 0.399. The minimum atomic E-state index is -0.869. The van der Waals surface area contributed by atoms with Crippen molar-refractivity contribution in [3.8, 4) is 0 Å². The summed E-state index contributed by atoms with van der Waals surface area (Å²) in [5, 5.41) is 16.1. The van der Waals surface area contributed by atoms with Crippen molar-refractivity contribution in [1.29, 1.82) is 0 Å². The molecule has 0 aliphatic heterocycles. The smallest absolute Gasteiger partial charge is 0.338 e. The van der Waals surface area contributed by atoms with Crippen molar-refractivity contribution >= 4 is 29.2 Å². The van der Waals surface area contributed by atoms with Gasteiger partial charge in [0, 0.05) is 18.7 Å². The summed E-state index contributed by atoms with van der Waals surface area (Å²) in [6.07, 6.45) is 0. The van der Waals surface area contributed by atoms with Crippen LogP contribution in [0.1, 0.15) is 34.6 Å². The lowest BCUT2D eigenvalue weighted by atomic mass is 10.1. The van der Waals surface area contributed by atoms with Gasteiger partial charge < -0.3 is 15.4 Å². The fourth-order valence-electron chi connectivity index (χ4n) is 2.33. The molecule has 0 bridgehead atoms. The zero-order valence-corrected chi connectivity index (χ0v) is 16.0. The molecular formula is C20H21N3O6. The Morgan fingerprint density at radius 3 is 2.52 bits per heavy atom. The molecule has 9 nitrogen and oxygen atoms in total. The summed E-state index contributed by atoms with van der Waals surface area (Å²) in [4.78, 5) is 46.6. The van der Waals surface area contributed by atoms with Crippen LogP contribution in [0.25, 0.3) is 0 Å². The van der Waals surface area contributed by atoms with Gasteiger partial charge in [-0.05, 0) is 24.1 Å². The number of ether oxygens (including phenoxy) is 1. The Bertz CT molecular complexity index is 926. The molecule has 2 aromatic carbocycles. The first kappa shape index (κ1) is 21.5. The van der Waals surface area contributed by atoms with Gasteiger partial charge in [0.15, 0.2) is 6.61 Å². The van der Waals surface area contributed by atoms with E-state index in [1.165, 1.54) is 18.2 Å². The molecule has 2 amide bonds. The average molecular weight is 399 g/mol. The summed E-state index contributed by atoms with van der Waals surface area (Å²) >= 11 is 0. The van der Waals surface area contributed by atoms with Crippen LogP contribution < -0.4 is 10.6 Å². The van der Waals surface area contributed by atoms with Gasteiger partial charge in [-0.25, -0.2) is 4.79 Å². The van der Waals surface area contributed by atoms with Crippen LogP contribution in [-0.2, 0) is 9.53 Å². The van der Waals surface area contributed by atoms with Gasteiger partial charge in [0.2, 0.25) is 0 Å². The average Bonchev–Trinajstić information content (AvgIpc) is 2.70. The third-order valence-electron chi connectivity index (χ3n) is 3.74. The molecule has 0 heterocycles. The fourth-order valence-corrected chi connectivity index (χ4v) is 2.33. The molecule has 2 N–H and O–H groups in total. The Morgan fingerprint density at radius 1 is 1.10 bits per heavy atom. The van der Waals surface area contributed by atoms with E-state index in [-0.39, 0.29) is 34.3 Å². The maximum Gasteiger partial charge on any atom is 0.338 e. The van der Waals surface area contributed by atoms with Crippen LogP contribution in [0, 0.1) is 16.0 Å². The van der Waals surface area contributed by atoms with E-state index < -0.39 is 23.4 Å². The van der Waals surface area contributed by atoms with E-state index in [2.05, 4.69) is 10.6 Å². The summed E-state index contributed by atoms with van der Waals surface area (Å²) in [5.74, 6) is -1.57. The van der Waals surface area contributed by atoms with E-state index in [0.29, 0.717) is 6.54 Å². The molecule has 0 saturated carbocycles. The number of non-ortho nitro benzene ring substituents is 1. The maximum atomic E-state index is 12.3. The van der Waals surface area contributed by atoms with E-state index in [1.54, 1.807) is 24.3 Å². The standard InChI is InChI=1S/C20H21N3O6/c1-13(2)11-21-19(25)16-8-3-4-9-17(16)22-18(24)12-29-20(26)14-6-5-7-15(10-14)23(27)28/h3-10,13H,11-12H2,1-2H3,(H,21,25)(H,22,24). The Labute approximate surface area is 167 Å². The SMILES string of the molecule is CC(C)CNC(=O)c1ccccc1NC(=O)COC(=O)c1cccc([N+](=O)[O-])c1. The minimum Gasteiger partial charge on any atom is -0.452 e. The van der Waals surface area contributed by atoms with E-state index in [0.717, 1.165) is 6.07 Å². The van der Waals surface area contributed by atoms with Crippen LogP contribution in [0.15, 0.2) is 48.5 Å². The lowest BCUT2D eigenvalue weighted by molar-refractivity contribution is -0.384. The first-order valence-electron chi connectivity index (χ1n) is 8.86. The number of nitro benzene ring substituents is 1. The van der Waals surface area contributed by atoms with Crippen molar-refractivity contribution in [2.75, 3.05) is 18.5 Å². The molecule has 0 radical (unpaired) electrons. The molecule has 0 atom stereocenters. The maximum absolute atomic E-state index is 12.3. The first-order chi connectivity index (χ1) is 13.8. The predicted molar refractivity (Wildman–Crippen MR) is 106 cm³/mol. The topological polar surface area (TPSA) is 128 Å². The van der Waals surface area contributed by atoms with Gasteiger partial charge in [-0.2, -0.15) is 0 Å². The third kappa shape index (κ3) is 6.42. The van der Waals surface area contributed by atoms with Crippen molar-refractivity contribution in [3.63, 3.8) is 0 Å². The van der Waals surface area contributed by atoms with E-state index in [1.807, 2.05) is 13.8 Å². The predicted octanol–water partition coefficient (Wildman–Crippen LogP) is 2.78.